The summed E-state index contributed by atoms with van der Waals surface area (Å²) >= 11 is 0. The van der Waals surface area contributed by atoms with Gasteiger partial charge in [-0.25, -0.2) is 9.97 Å². The van der Waals surface area contributed by atoms with Crippen LogP contribution in [0.4, 0.5) is 5.82 Å². The van der Waals surface area contributed by atoms with Crippen molar-refractivity contribution in [2.75, 3.05) is 25.6 Å². The van der Waals surface area contributed by atoms with Gasteiger partial charge >= 0.3 is 0 Å². The van der Waals surface area contributed by atoms with Gasteiger partial charge in [-0.15, -0.1) is 0 Å². The number of aryl methyl sites for hydroxylation is 1. The molecule has 0 saturated carbocycles. The van der Waals surface area contributed by atoms with Crippen LogP contribution in [0.5, 0.6) is 0 Å². The predicted octanol–water partition coefficient (Wildman–Crippen LogP) is 3.08. The Morgan fingerprint density at radius 2 is 2.11 bits per heavy atom. The van der Waals surface area contributed by atoms with Gasteiger partial charge in [0.1, 0.15) is 11.6 Å². The van der Waals surface area contributed by atoms with Crippen molar-refractivity contribution < 1.29 is 4.74 Å². The average molecular weight is 265 g/mol. The highest BCUT2D eigenvalue weighted by atomic mass is 16.5. The number of hydrogen-bond acceptors (Lipinski definition) is 4. The summed E-state index contributed by atoms with van der Waals surface area (Å²) in [5.74, 6) is 2.49. The molecule has 0 saturated heterocycles. The summed E-state index contributed by atoms with van der Waals surface area (Å²) in [6.45, 7) is 8.30. The van der Waals surface area contributed by atoms with Crippen LogP contribution >= 0.6 is 0 Å². The molecule has 0 bridgehead atoms. The van der Waals surface area contributed by atoms with Crippen LogP contribution in [0.25, 0.3) is 0 Å². The number of nitrogens with one attached hydrogen (secondary N) is 1. The van der Waals surface area contributed by atoms with Crippen LogP contribution in [0.3, 0.4) is 0 Å². The van der Waals surface area contributed by atoms with Crippen LogP contribution in [0.2, 0.25) is 0 Å². The normalized spacial score (nSPS) is 11.0. The van der Waals surface area contributed by atoms with Crippen molar-refractivity contribution in [1.29, 1.82) is 0 Å². The van der Waals surface area contributed by atoms with Gasteiger partial charge in [0.15, 0.2) is 0 Å². The maximum Gasteiger partial charge on any atom is 0.131 e. The Morgan fingerprint density at radius 3 is 2.74 bits per heavy atom. The minimum absolute atomic E-state index is 0.612. The van der Waals surface area contributed by atoms with Gasteiger partial charge in [0.2, 0.25) is 0 Å². The number of ether oxygens (including phenoxy) is 1. The first kappa shape index (κ1) is 15.9. The van der Waals surface area contributed by atoms with Gasteiger partial charge in [0.25, 0.3) is 0 Å². The molecule has 4 heteroatoms. The molecule has 19 heavy (non-hydrogen) atoms. The van der Waals surface area contributed by atoms with Crippen LogP contribution in [0, 0.1) is 5.92 Å². The van der Waals surface area contributed by atoms with E-state index in [9.17, 15) is 0 Å². The Balaban J connectivity index is 2.75. The highest BCUT2D eigenvalue weighted by Crippen LogP contribution is 2.12. The highest BCUT2D eigenvalue weighted by Gasteiger charge is 2.06. The number of anilines is 1. The van der Waals surface area contributed by atoms with E-state index in [0.29, 0.717) is 5.92 Å². The number of aromatic nitrogens is 2. The average Bonchev–Trinajstić information content (AvgIpc) is 2.36. The standard InChI is InChI=1S/C15H27N3O/c1-5-8-16-15-11-13(10-12(2)3)17-14(18-15)7-6-9-19-4/h11-12H,5-10H2,1-4H3,(H,16,17,18). The maximum atomic E-state index is 5.08. The SMILES string of the molecule is CCCNc1cc(CC(C)C)nc(CCCOC)n1. The van der Waals surface area contributed by atoms with Gasteiger partial charge in [0.05, 0.1) is 0 Å². The second kappa shape index (κ2) is 8.86. The second-order valence-electron chi connectivity index (χ2n) is 5.28. The molecule has 4 nitrogen and oxygen atoms in total. The van der Waals surface area contributed by atoms with E-state index in [2.05, 4.69) is 42.1 Å². The molecule has 0 atom stereocenters. The molecule has 1 aromatic rings. The summed E-state index contributed by atoms with van der Waals surface area (Å²) in [6, 6.07) is 2.08. The zero-order chi connectivity index (χ0) is 14.1. The summed E-state index contributed by atoms with van der Waals surface area (Å²) in [5.41, 5.74) is 1.14. The number of hydrogen-bond donors (Lipinski definition) is 1. The minimum Gasteiger partial charge on any atom is -0.385 e. The third kappa shape index (κ3) is 6.53. The summed E-state index contributed by atoms with van der Waals surface area (Å²) in [4.78, 5) is 9.22. The van der Waals surface area contributed by atoms with Crippen molar-refractivity contribution in [3.63, 3.8) is 0 Å². The monoisotopic (exact) mass is 265 g/mol. The highest BCUT2D eigenvalue weighted by molar-refractivity contribution is 5.36. The molecular formula is C15H27N3O. The zero-order valence-corrected chi connectivity index (χ0v) is 12.7. The third-order valence-corrected chi connectivity index (χ3v) is 2.75. The molecule has 0 aromatic carbocycles. The Labute approximate surface area is 117 Å². The lowest BCUT2D eigenvalue weighted by Gasteiger charge is -2.11. The fraction of sp³-hybridized carbons (Fsp3) is 0.733. The molecule has 0 radical (unpaired) electrons. The number of nitrogens with zero attached hydrogens (tertiary/aromatic N) is 2. The summed E-state index contributed by atoms with van der Waals surface area (Å²) in [5, 5.41) is 3.36. The summed E-state index contributed by atoms with van der Waals surface area (Å²) in [7, 11) is 1.73. The molecule has 1 heterocycles. The molecule has 108 valence electrons. The van der Waals surface area contributed by atoms with Gasteiger partial charge in [0, 0.05) is 38.4 Å². The van der Waals surface area contributed by atoms with Crippen molar-refractivity contribution in [2.24, 2.45) is 5.92 Å². The van der Waals surface area contributed by atoms with Gasteiger partial charge < -0.3 is 10.1 Å². The van der Waals surface area contributed by atoms with Crippen LogP contribution in [-0.2, 0) is 17.6 Å². The molecule has 1 rings (SSSR count). The van der Waals surface area contributed by atoms with Crippen molar-refractivity contribution in [2.45, 2.75) is 46.5 Å². The lowest BCUT2D eigenvalue weighted by atomic mass is 10.1. The minimum atomic E-state index is 0.612. The quantitative estimate of drug-likeness (QED) is 0.697. The smallest absolute Gasteiger partial charge is 0.131 e. The Bertz CT molecular complexity index is 366. The summed E-state index contributed by atoms with van der Waals surface area (Å²) < 4.78 is 5.08. The van der Waals surface area contributed by atoms with Crippen molar-refractivity contribution in [3.05, 3.63) is 17.6 Å². The molecule has 1 N–H and O–H groups in total. The van der Waals surface area contributed by atoms with Crippen LogP contribution in [-0.4, -0.2) is 30.2 Å². The maximum absolute atomic E-state index is 5.08. The lowest BCUT2D eigenvalue weighted by molar-refractivity contribution is 0.194. The number of rotatable bonds is 9. The fourth-order valence-corrected chi connectivity index (χ4v) is 1.91. The molecule has 0 unspecified atom stereocenters. The fourth-order valence-electron chi connectivity index (χ4n) is 1.91. The van der Waals surface area contributed by atoms with Crippen molar-refractivity contribution in [1.82, 2.24) is 9.97 Å². The lowest BCUT2D eigenvalue weighted by Crippen LogP contribution is -2.09. The van der Waals surface area contributed by atoms with E-state index in [0.717, 1.165) is 56.2 Å². The van der Waals surface area contributed by atoms with E-state index in [1.807, 2.05) is 0 Å². The van der Waals surface area contributed by atoms with E-state index in [1.54, 1.807) is 7.11 Å². The van der Waals surface area contributed by atoms with E-state index in [-0.39, 0.29) is 0 Å². The Morgan fingerprint density at radius 1 is 1.32 bits per heavy atom. The largest absolute Gasteiger partial charge is 0.385 e. The topological polar surface area (TPSA) is 47.0 Å². The van der Waals surface area contributed by atoms with Crippen LogP contribution in [0.1, 0.15) is 45.1 Å². The molecule has 0 fully saturated rings. The van der Waals surface area contributed by atoms with E-state index >= 15 is 0 Å². The Hall–Kier alpha value is -1.16. The molecule has 0 amide bonds. The summed E-state index contributed by atoms with van der Waals surface area (Å²) in [6.07, 6.45) is 3.94. The second-order valence-corrected chi connectivity index (χ2v) is 5.28. The van der Waals surface area contributed by atoms with Gasteiger partial charge in [-0.1, -0.05) is 20.8 Å². The molecule has 0 aliphatic carbocycles. The van der Waals surface area contributed by atoms with E-state index in [1.165, 1.54) is 0 Å². The van der Waals surface area contributed by atoms with Gasteiger partial charge in [-0.05, 0) is 25.2 Å². The first-order valence-electron chi connectivity index (χ1n) is 7.25. The van der Waals surface area contributed by atoms with Crippen molar-refractivity contribution >= 4 is 5.82 Å². The molecular weight excluding hydrogens is 238 g/mol. The Kier molecular flexibility index (Phi) is 7.41. The molecule has 0 aliphatic heterocycles. The first-order valence-corrected chi connectivity index (χ1v) is 7.25. The molecule has 0 aliphatic rings. The molecule has 0 spiro atoms. The number of methoxy groups -OCH3 is 1. The van der Waals surface area contributed by atoms with Crippen LogP contribution < -0.4 is 5.32 Å². The van der Waals surface area contributed by atoms with E-state index in [4.69, 9.17) is 4.74 Å². The molecule has 1 aromatic heterocycles. The third-order valence-electron chi connectivity index (χ3n) is 2.75. The van der Waals surface area contributed by atoms with Crippen LogP contribution in [0.15, 0.2) is 6.07 Å². The zero-order valence-electron chi connectivity index (χ0n) is 12.7. The van der Waals surface area contributed by atoms with Crippen molar-refractivity contribution in [3.8, 4) is 0 Å². The first-order chi connectivity index (χ1) is 9.15. The predicted molar refractivity (Wildman–Crippen MR) is 79.6 cm³/mol. The van der Waals surface area contributed by atoms with Gasteiger partial charge in [-0.3, -0.25) is 0 Å². The van der Waals surface area contributed by atoms with E-state index < -0.39 is 0 Å². The van der Waals surface area contributed by atoms with Gasteiger partial charge in [-0.2, -0.15) is 0 Å².